The first-order valence-electron chi connectivity index (χ1n) is 3.29. The molecule has 0 aromatic carbocycles. The van der Waals surface area contributed by atoms with E-state index in [0.717, 1.165) is 0 Å². The standard InChI is InChI=1S/C5H10N2O2/c6-5(9)4-1-3(8)2-7-4/h3-4,7-8H,1-2H2,(H2,6,9)/t3-,4+/m1/s1/i8D. The van der Waals surface area contributed by atoms with Crippen LogP contribution in [0.4, 0.5) is 0 Å². The number of carbonyl (C=O) groups is 1. The van der Waals surface area contributed by atoms with E-state index in [0.29, 0.717) is 13.0 Å². The van der Waals surface area contributed by atoms with Crippen molar-refractivity contribution in [1.29, 1.82) is 1.43 Å². The number of primary amides is 1. The third-order valence-electron chi connectivity index (χ3n) is 1.43. The van der Waals surface area contributed by atoms with Gasteiger partial charge in [0.1, 0.15) is 0 Å². The molecule has 0 bridgehead atoms. The summed E-state index contributed by atoms with van der Waals surface area (Å²) in [5.41, 5.74) is 5.00. The van der Waals surface area contributed by atoms with Crippen LogP contribution in [-0.2, 0) is 4.79 Å². The Morgan fingerprint density at radius 3 is 3.11 bits per heavy atom. The summed E-state index contributed by atoms with van der Waals surface area (Å²) >= 11 is 0. The lowest BCUT2D eigenvalue weighted by atomic mass is 10.2. The van der Waals surface area contributed by atoms with Gasteiger partial charge in [0.2, 0.25) is 7.34 Å². The van der Waals surface area contributed by atoms with Crippen LogP contribution in [0.3, 0.4) is 0 Å². The van der Waals surface area contributed by atoms with E-state index in [2.05, 4.69) is 10.4 Å². The molecule has 0 spiro atoms. The molecule has 1 amide bonds. The molecule has 52 valence electrons. The van der Waals surface area contributed by atoms with Crippen LogP contribution in [0.5, 0.6) is 0 Å². The SMILES string of the molecule is [2H]O[C@H]1CN[C@H](C(N)=O)C1. The first-order valence-corrected chi connectivity index (χ1v) is 2.88. The summed E-state index contributed by atoms with van der Waals surface area (Å²) < 4.78 is 6.54. The molecule has 0 radical (unpaired) electrons. The summed E-state index contributed by atoms with van der Waals surface area (Å²) in [6.07, 6.45) is 0.330. The fourth-order valence-corrected chi connectivity index (χ4v) is 0.920. The second-order valence-electron chi connectivity index (χ2n) is 2.22. The Morgan fingerprint density at radius 1 is 2.00 bits per heavy atom. The number of nitrogens with two attached hydrogens (primary N) is 1. The largest absolute Gasteiger partial charge is 0.392 e. The van der Waals surface area contributed by atoms with Gasteiger partial charge in [-0.15, -0.1) is 0 Å². The summed E-state index contributed by atoms with van der Waals surface area (Å²) in [7, 11) is 0. The van der Waals surface area contributed by atoms with Crippen LogP contribution in [0.15, 0.2) is 0 Å². The minimum Gasteiger partial charge on any atom is -0.392 e. The first-order chi connectivity index (χ1) is 4.74. The molecule has 2 atom stereocenters. The molecule has 4 heteroatoms. The van der Waals surface area contributed by atoms with Crippen LogP contribution in [0.25, 0.3) is 0 Å². The predicted molar refractivity (Wildman–Crippen MR) is 31.6 cm³/mol. The van der Waals surface area contributed by atoms with Crippen LogP contribution in [-0.4, -0.2) is 31.1 Å². The zero-order chi connectivity index (χ0) is 7.56. The number of β-amino-alcohol motifs (C(OH)–C–C–N with tert-alkyl or cyclic N) is 1. The zero-order valence-electron chi connectivity index (χ0n) is 5.96. The number of hydrogen-bond donors (Lipinski definition) is 3. The molecule has 0 aliphatic carbocycles. The van der Waals surface area contributed by atoms with E-state index in [-0.39, 0.29) is 18.1 Å². The third kappa shape index (κ3) is 1.40. The van der Waals surface area contributed by atoms with Crippen molar-refractivity contribution in [2.24, 2.45) is 5.73 Å². The summed E-state index contributed by atoms with van der Waals surface area (Å²) in [6, 6.07) is -0.310. The summed E-state index contributed by atoms with van der Waals surface area (Å²) in [6.45, 7) is 0.539. The molecule has 1 aliphatic heterocycles. The summed E-state index contributed by atoms with van der Waals surface area (Å²) in [5, 5.41) is 7.11. The Balaban J connectivity index is 2.35. The Kier molecular flexibility index (Phi) is 1.34. The van der Waals surface area contributed by atoms with Crippen LogP contribution in [0, 0.1) is 0 Å². The van der Waals surface area contributed by atoms with Gasteiger partial charge in [-0.25, -0.2) is 0 Å². The molecule has 9 heavy (non-hydrogen) atoms. The number of hydrogen-bond acceptors (Lipinski definition) is 3. The minimum atomic E-state index is -0.375. The molecule has 1 heterocycles. The van der Waals surface area contributed by atoms with Gasteiger partial charge in [-0.1, -0.05) is 0 Å². The van der Waals surface area contributed by atoms with Crippen molar-refractivity contribution in [3.63, 3.8) is 0 Å². The maximum atomic E-state index is 10.5. The Bertz CT molecular complexity index is 142. The van der Waals surface area contributed by atoms with Gasteiger partial charge in [0.25, 0.3) is 0 Å². The Morgan fingerprint density at radius 2 is 2.78 bits per heavy atom. The van der Waals surface area contributed by atoms with Crippen LogP contribution in [0.2, 0.25) is 0 Å². The van der Waals surface area contributed by atoms with Crippen LogP contribution >= 0.6 is 0 Å². The van der Waals surface area contributed by atoms with Crippen molar-refractivity contribution in [2.45, 2.75) is 18.6 Å². The van der Waals surface area contributed by atoms with Gasteiger partial charge in [-0.3, -0.25) is 4.79 Å². The highest BCUT2D eigenvalue weighted by Crippen LogP contribution is 2.04. The van der Waals surface area contributed by atoms with Gasteiger partial charge in [0, 0.05) is 6.54 Å². The molecule has 1 rings (SSSR count). The molecule has 0 aromatic heterocycles. The molecule has 0 aromatic rings. The summed E-state index contributed by atoms with van der Waals surface area (Å²) in [5.74, 6) is -0.375. The van der Waals surface area contributed by atoms with E-state index >= 15 is 0 Å². The van der Waals surface area contributed by atoms with Gasteiger partial charge in [0.15, 0.2) is 0 Å². The maximum Gasteiger partial charge on any atom is 0.234 e. The van der Waals surface area contributed by atoms with Gasteiger partial charge in [0.05, 0.1) is 12.1 Å². The van der Waals surface area contributed by atoms with Crippen LogP contribution in [0.1, 0.15) is 6.42 Å². The molecular formula is C5H10N2O2. The quantitative estimate of drug-likeness (QED) is 0.413. The van der Waals surface area contributed by atoms with Crippen molar-refractivity contribution in [3.05, 3.63) is 0 Å². The van der Waals surface area contributed by atoms with Crippen molar-refractivity contribution < 1.29 is 9.90 Å². The second kappa shape index (κ2) is 2.33. The van der Waals surface area contributed by atoms with Gasteiger partial charge >= 0.3 is 0 Å². The van der Waals surface area contributed by atoms with Gasteiger partial charge < -0.3 is 16.2 Å². The molecule has 1 saturated heterocycles. The molecular weight excluding hydrogens is 120 g/mol. The first kappa shape index (κ1) is 5.20. The van der Waals surface area contributed by atoms with Crippen molar-refractivity contribution in [3.8, 4) is 0 Å². The lowest BCUT2D eigenvalue weighted by Crippen LogP contribution is -2.36. The van der Waals surface area contributed by atoms with Gasteiger partial charge in [-0.2, -0.15) is 0 Å². The van der Waals surface area contributed by atoms with E-state index < -0.39 is 0 Å². The zero-order valence-corrected chi connectivity index (χ0v) is 4.96. The number of aliphatic hydroxyl groups excluding tert-OH is 1. The van der Waals surface area contributed by atoms with E-state index in [1.165, 1.54) is 0 Å². The molecule has 4 nitrogen and oxygen atoms in total. The Labute approximate surface area is 54.5 Å². The monoisotopic (exact) mass is 131 g/mol. The van der Waals surface area contributed by atoms with E-state index in [1.807, 2.05) is 0 Å². The Hall–Kier alpha value is -0.610. The minimum absolute atomic E-state index is 0.183. The smallest absolute Gasteiger partial charge is 0.234 e. The van der Waals surface area contributed by atoms with Crippen molar-refractivity contribution >= 4 is 5.91 Å². The number of carbonyl (C=O) groups excluding carboxylic acids is 1. The fourth-order valence-electron chi connectivity index (χ4n) is 0.920. The second-order valence-corrected chi connectivity index (χ2v) is 2.22. The number of rotatable bonds is 2. The molecule has 0 unspecified atom stereocenters. The van der Waals surface area contributed by atoms with Crippen molar-refractivity contribution in [1.82, 2.24) is 5.32 Å². The number of nitrogens with one attached hydrogen (secondary N) is 1. The highest BCUT2D eigenvalue weighted by atomic mass is 16.3. The van der Waals surface area contributed by atoms with Crippen molar-refractivity contribution in [2.75, 3.05) is 6.54 Å². The average molecular weight is 131 g/mol. The normalized spacial score (nSPS) is 36.2. The topological polar surface area (TPSA) is 75.3 Å². The fraction of sp³-hybridized carbons (Fsp3) is 0.800. The molecule has 1 aliphatic rings. The van der Waals surface area contributed by atoms with Crippen LogP contribution < -0.4 is 11.1 Å². The average Bonchev–Trinajstić information content (AvgIpc) is 2.34. The maximum absolute atomic E-state index is 10.5. The molecule has 0 saturated carbocycles. The van der Waals surface area contributed by atoms with E-state index in [9.17, 15) is 4.79 Å². The molecule has 1 fully saturated rings. The lowest BCUT2D eigenvalue weighted by molar-refractivity contribution is -0.119. The lowest BCUT2D eigenvalue weighted by Gasteiger charge is -2.01. The van der Waals surface area contributed by atoms with E-state index in [1.54, 1.807) is 0 Å². The summed E-state index contributed by atoms with van der Waals surface area (Å²) in [4.78, 5) is 10.5. The van der Waals surface area contributed by atoms with Gasteiger partial charge in [-0.05, 0) is 6.42 Å². The highest BCUT2D eigenvalue weighted by molar-refractivity contribution is 5.80. The number of amides is 1. The van der Waals surface area contributed by atoms with E-state index in [4.69, 9.17) is 7.16 Å². The number of aliphatic hydroxyl groups is 1. The molecule has 4 N–H and O–H groups in total. The highest BCUT2D eigenvalue weighted by Gasteiger charge is 2.25. The predicted octanol–water partition coefficient (Wildman–Crippen LogP) is -1.81. The third-order valence-corrected chi connectivity index (χ3v) is 1.43.